The molecule has 0 radical (unpaired) electrons. The second-order valence-electron chi connectivity index (χ2n) is 3.82. The maximum Gasteiger partial charge on any atom is 0.123 e. The summed E-state index contributed by atoms with van der Waals surface area (Å²) in [6.07, 6.45) is 0.995. The fourth-order valence-corrected chi connectivity index (χ4v) is 2.51. The normalized spacial score (nSPS) is 10.5. The molecule has 1 aromatic carbocycles. The molecule has 0 aliphatic rings. The van der Waals surface area contributed by atoms with Gasteiger partial charge in [-0.3, -0.25) is 0 Å². The number of ether oxygens (including phenoxy) is 1. The summed E-state index contributed by atoms with van der Waals surface area (Å²) in [5.74, 6) is 0.984. The van der Waals surface area contributed by atoms with E-state index in [4.69, 9.17) is 10.5 Å². The molecule has 0 bridgehead atoms. The summed E-state index contributed by atoms with van der Waals surface area (Å²) in [5, 5.41) is 0. The largest absolute Gasteiger partial charge is 0.488 e. The molecule has 0 saturated carbocycles. The number of nitrogens with two attached hydrogens (primary N) is 1. The van der Waals surface area contributed by atoms with Gasteiger partial charge in [0.1, 0.15) is 12.4 Å². The number of para-hydroxylation sites is 1. The van der Waals surface area contributed by atoms with Crippen molar-refractivity contribution in [3.63, 3.8) is 0 Å². The van der Waals surface area contributed by atoms with Crippen molar-refractivity contribution in [2.24, 2.45) is 5.73 Å². The highest BCUT2D eigenvalue weighted by Gasteiger charge is 2.03. The first-order valence-electron chi connectivity index (χ1n) is 5.82. The van der Waals surface area contributed by atoms with Gasteiger partial charge in [-0.25, -0.2) is 0 Å². The zero-order valence-corrected chi connectivity index (χ0v) is 10.8. The maximum absolute atomic E-state index is 5.84. The Kier molecular flexibility index (Phi) is 4.18. The lowest BCUT2D eigenvalue weighted by atomic mass is 10.1. The van der Waals surface area contributed by atoms with E-state index in [1.54, 1.807) is 11.3 Å². The molecule has 1 heterocycles. The van der Waals surface area contributed by atoms with Crippen LogP contribution in [-0.2, 0) is 19.6 Å². The first-order chi connectivity index (χ1) is 8.33. The molecule has 3 heteroatoms. The summed E-state index contributed by atoms with van der Waals surface area (Å²) < 4.78 is 5.84. The van der Waals surface area contributed by atoms with E-state index in [-0.39, 0.29) is 0 Å². The van der Waals surface area contributed by atoms with E-state index in [1.165, 1.54) is 15.3 Å². The molecule has 2 aromatic rings. The van der Waals surface area contributed by atoms with E-state index in [2.05, 4.69) is 25.1 Å². The highest BCUT2D eigenvalue weighted by molar-refractivity contribution is 7.11. The predicted octanol–water partition coefficient (Wildman–Crippen LogP) is 3.35. The van der Waals surface area contributed by atoms with Gasteiger partial charge in [-0.15, -0.1) is 11.3 Å². The molecule has 2 N–H and O–H groups in total. The Bertz CT molecular complexity index is 479. The van der Waals surface area contributed by atoms with Gasteiger partial charge in [-0.2, -0.15) is 0 Å². The van der Waals surface area contributed by atoms with Gasteiger partial charge >= 0.3 is 0 Å². The molecule has 2 nitrogen and oxygen atoms in total. The van der Waals surface area contributed by atoms with Crippen LogP contribution < -0.4 is 10.5 Å². The number of benzene rings is 1. The van der Waals surface area contributed by atoms with Gasteiger partial charge in [0.05, 0.1) is 0 Å². The van der Waals surface area contributed by atoms with Crippen LogP contribution in [0.2, 0.25) is 0 Å². The van der Waals surface area contributed by atoms with Crippen molar-refractivity contribution in [1.29, 1.82) is 0 Å². The number of hydrogen-bond acceptors (Lipinski definition) is 3. The van der Waals surface area contributed by atoms with E-state index < -0.39 is 0 Å². The zero-order valence-electron chi connectivity index (χ0n) is 9.98. The summed E-state index contributed by atoms with van der Waals surface area (Å²) in [6.45, 7) is 3.37. The maximum atomic E-state index is 5.84. The van der Waals surface area contributed by atoms with Crippen LogP contribution in [0.25, 0.3) is 0 Å². The van der Waals surface area contributed by atoms with E-state index in [0.717, 1.165) is 12.2 Å². The molecule has 0 saturated heterocycles. The van der Waals surface area contributed by atoms with Gasteiger partial charge in [-0.1, -0.05) is 25.1 Å². The molecular formula is C14H17NOS. The van der Waals surface area contributed by atoms with Crippen molar-refractivity contribution in [2.45, 2.75) is 26.5 Å². The number of aryl methyl sites for hydroxylation is 1. The number of rotatable bonds is 5. The molecule has 17 heavy (non-hydrogen) atoms. The second-order valence-corrected chi connectivity index (χ2v) is 5.07. The van der Waals surface area contributed by atoms with Crippen LogP contribution >= 0.6 is 11.3 Å². The Hall–Kier alpha value is -1.32. The summed E-state index contributed by atoms with van der Waals surface area (Å²) in [7, 11) is 0. The summed E-state index contributed by atoms with van der Waals surface area (Å²) in [5.41, 5.74) is 6.84. The third-order valence-corrected chi connectivity index (χ3v) is 3.72. The first kappa shape index (κ1) is 12.1. The third-order valence-electron chi connectivity index (χ3n) is 2.64. The predicted molar refractivity (Wildman–Crippen MR) is 72.4 cm³/mol. The lowest BCUT2D eigenvalue weighted by molar-refractivity contribution is 0.306. The van der Waals surface area contributed by atoms with Crippen molar-refractivity contribution < 1.29 is 4.74 Å². The molecule has 0 atom stereocenters. The van der Waals surface area contributed by atoms with Gasteiger partial charge in [0.2, 0.25) is 0 Å². The highest BCUT2D eigenvalue weighted by atomic mass is 32.1. The third kappa shape index (κ3) is 3.08. The second kappa shape index (κ2) is 5.84. The molecule has 0 fully saturated rings. The molecule has 0 aliphatic carbocycles. The Morgan fingerprint density at radius 2 is 1.88 bits per heavy atom. The standard InChI is InChI=1S/C14H17NOS/c1-2-11-5-3-4-6-14(11)16-10-13-8-7-12(9-15)17-13/h3-8H,2,9-10,15H2,1H3. The van der Waals surface area contributed by atoms with E-state index in [0.29, 0.717) is 13.2 Å². The van der Waals surface area contributed by atoms with E-state index >= 15 is 0 Å². The lowest BCUT2D eigenvalue weighted by Gasteiger charge is -2.08. The first-order valence-corrected chi connectivity index (χ1v) is 6.63. The minimum atomic E-state index is 0.607. The average Bonchev–Trinajstić information content (AvgIpc) is 2.84. The Labute approximate surface area is 106 Å². The SMILES string of the molecule is CCc1ccccc1OCc1ccc(CN)s1. The lowest BCUT2D eigenvalue weighted by Crippen LogP contribution is -1.96. The number of thiophene rings is 1. The van der Waals surface area contributed by atoms with Crippen molar-refractivity contribution >= 4 is 11.3 Å². The summed E-state index contributed by atoms with van der Waals surface area (Å²) in [6, 6.07) is 12.3. The molecule has 0 aliphatic heterocycles. The highest BCUT2D eigenvalue weighted by Crippen LogP contribution is 2.22. The van der Waals surface area contributed by atoms with Crippen LogP contribution in [0.3, 0.4) is 0 Å². The Morgan fingerprint density at radius 1 is 1.12 bits per heavy atom. The van der Waals surface area contributed by atoms with E-state index in [1.807, 2.05) is 18.2 Å². The molecule has 1 aromatic heterocycles. The van der Waals surface area contributed by atoms with Crippen LogP contribution in [0.4, 0.5) is 0 Å². The summed E-state index contributed by atoms with van der Waals surface area (Å²) >= 11 is 1.72. The quantitative estimate of drug-likeness (QED) is 0.879. The molecule has 0 amide bonds. The monoisotopic (exact) mass is 247 g/mol. The van der Waals surface area contributed by atoms with Gasteiger partial charge in [0.15, 0.2) is 0 Å². The number of hydrogen-bond donors (Lipinski definition) is 1. The van der Waals surface area contributed by atoms with Gasteiger partial charge in [0.25, 0.3) is 0 Å². The van der Waals surface area contributed by atoms with Gasteiger partial charge < -0.3 is 10.5 Å². The van der Waals surface area contributed by atoms with Crippen LogP contribution in [-0.4, -0.2) is 0 Å². The molecular weight excluding hydrogens is 230 g/mol. The minimum absolute atomic E-state index is 0.607. The van der Waals surface area contributed by atoms with Gasteiger partial charge in [-0.05, 0) is 30.2 Å². The van der Waals surface area contributed by atoms with E-state index in [9.17, 15) is 0 Å². The van der Waals surface area contributed by atoms with Crippen molar-refractivity contribution in [2.75, 3.05) is 0 Å². The molecule has 2 rings (SSSR count). The fraction of sp³-hybridized carbons (Fsp3) is 0.286. The van der Waals surface area contributed by atoms with Gasteiger partial charge in [0, 0.05) is 16.3 Å². The Morgan fingerprint density at radius 3 is 2.59 bits per heavy atom. The van der Waals surface area contributed by atoms with Crippen LogP contribution in [0, 0.1) is 0 Å². The molecule has 0 spiro atoms. The fourth-order valence-electron chi connectivity index (χ4n) is 1.70. The van der Waals surface area contributed by atoms with Crippen LogP contribution in [0.5, 0.6) is 5.75 Å². The smallest absolute Gasteiger partial charge is 0.123 e. The summed E-state index contributed by atoms with van der Waals surface area (Å²) in [4.78, 5) is 2.42. The minimum Gasteiger partial charge on any atom is -0.488 e. The topological polar surface area (TPSA) is 35.2 Å². The van der Waals surface area contributed by atoms with Crippen molar-refractivity contribution in [1.82, 2.24) is 0 Å². The molecule has 90 valence electrons. The molecule has 0 unspecified atom stereocenters. The Balaban J connectivity index is 2.01. The van der Waals surface area contributed by atoms with Crippen molar-refractivity contribution in [3.8, 4) is 5.75 Å². The van der Waals surface area contributed by atoms with Crippen LogP contribution in [0.15, 0.2) is 36.4 Å². The average molecular weight is 247 g/mol. The zero-order chi connectivity index (χ0) is 12.1. The van der Waals surface area contributed by atoms with Crippen LogP contribution in [0.1, 0.15) is 22.2 Å². The van der Waals surface area contributed by atoms with Crippen molar-refractivity contribution in [3.05, 3.63) is 51.7 Å².